The molecule has 0 aliphatic rings. The highest BCUT2D eigenvalue weighted by atomic mass is 16.5. The van der Waals surface area contributed by atoms with Crippen LogP contribution in [0.5, 0.6) is 5.75 Å². The lowest BCUT2D eigenvalue weighted by Gasteiger charge is -2.11. The average Bonchev–Trinajstić information content (AvgIpc) is 3.30. The van der Waals surface area contributed by atoms with Crippen LogP contribution in [0.3, 0.4) is 0 Å². The first kappa shape index (κ1) is 23.8. The van der Waals surface area contributed by atoms with Crippen molar-refractivity contribution in [3.05, 3.63) is 83.9 Å². The number of hydrogen-bond donors (Lipinski definition) is 1. The minimum Gasteiger partial charge on any atom is -0.497 e. The van der Waals surface area contributed by atoms with E-state index in [-0.39, 0.29) is 18.1 Å². The van der Waals surface area contributed by atoms with E-state index in [1.165, 1.54) is 6.92 Å². The van der Waals surface area contributed by atoms with Gasteiger partial charge in [0.15, 0.2) is 0 Å². The summed E-state index contributed by atoms with van der Waals surface area (Å²) >= 11 is 0. The molecule has 1 amide bonds. The van der Waals surface area contributed by atoms with Gasteiger partial charge in [-0.05, 0) is 68.4 Å². The molecule has 0 saturated heterocycles. The smallest absolute Gasteiger partial charge is 0.340 e. The zero-order chi connectivity index (χ0) is 24.9. The Morgan fingerprint density at radius 2 is 1.63 bits per heavy atom. The molecule has 0 aliphatic heterocycles. The highest BCUT2D eigenvalue weighted by Gasteiger charge is 2.18. The van der Waals surface area contributed by atoms with Gasteiger partial charge >= 0.3 is 5.97 Å². The van der Waals surface area contributed by atoms with Crippen molar-refractivity contribution in [1.82, 2.24) is 9.78 Å². The first-order valence-electron chi connectivity index (χ1n) is 11.3. The van der Waals surface area contributed by atoms with Crippen molar-refractivity contribution in [2.45, 2.75) is 20.8 Å². The minimum absolute atomic E-state index is 0.228. The number of nitrogens with zero attached hydrogens (tertiary/aromatic N) is 2. The van der Waals surface area contributed by atoms with Gasteiger partial charge in [-0.2, -0.15) is 5.10 Å². The molecule has 0 unspecified atom stereocenters. The van der Waals surface area contributed by atoms with Gasteiger partial charge in [0.1, 0.15) is 5.75 Å². The Bertz CT molecular complexity index is 1360. The van der Waals surface area contributed by atoms with Crippen molar-refractivity contribution < 1.29 is 19.1 Å². The molecule has 3 aromatic carbocycles. The third-order valence-electron chi connectivity index (χ3n) is 5.50. The van der Waals surface area contributed by atoms with Gasteiger partial charge in [-0.3, -0.25) is 4.79 Å². The van der Waals surface area contributed by atoms with E-state index in [0.29, 0.717) is 11.4 Å². The summed E-state index contributed by atoms with van der Waals surface area (Å²) in [6.45, 7) is 5.40. The molecular formula is C28H27N3O4. The van der Waals surface area contributed by atoms with Crippen molar-refractivity contribution >= 4 is 17.6 Å². The normalized spacial score (nSPS) is 10.6. The molecule has 0 radical (unpaired) electrons. The number of esters is 1. The summed E-state index contributed by atoms with van der Waals surface area (Å²) in [4.78, 5) is 24.3. The number of rotatable bonds is 7. The lowest BCUT2D eigenvalue weighted by molar-refractivity contribution is -0.114. The monoisotopic (exact) mass is 469 g/mol. The summed E-state index contributed by atoms with van der Waals surface area (Å²) < 4.78 is 12.4. The number of benzene rings is 3. The predicted octanol–water partition coefficient (Wildman–Crippen LogP) is 5.66. The molecule has 0 saturated carbocycles. The van der Waals surface area contributed by atoms with Gasteiger partial charge in [0.05, 0.1) is 42.0 Å². The molecule has 4 aromatic rings. The van der Waals surface area contributed by atoms with E-state index in [1.807, 2.05) is 72.3 Å². The maximum absolute atomic E-state index is 12.6. The van der Waals surface area contributed by atoms with Crippen LogP contribution in [0.4, 0.5) is 5.69 Å². The topological polar surface area (TPSA) is 82.4 Å². The summed E-state index contributed by atoms with van der Waals surface area (Å²) in [5.74, 6) is -0.0109. The van der Waals surface area contributed by atoms with E-state index in [0.717, 1.165) is 33.8 Å². The molecule has 0 fully saturated rings. The van der Waals surface area contributed by atoms with Crippen LogP contribution in [-0.2, 0) is 9.53 Å². The Morgan fingerprint density at radius 3 is 2.26 bits per heavy atom. The number of hydrogen-bond acceptors (Lipinski definition) is 5. The van der Waals surface area contributed by atoms with Crippen molar-refractivity contribution in [1.29, 1.82) is 0 Å². The molecule has 0 spiro atoms. The van der Waals surface area contributed by atoms with E-state index in [4.69, 9.17) is 14.6 Å². The lowest BCUT2D eigenvalue weighted by atomic mass is 10.0. The van der Waals surface area contributed by atoms with Crippen molar-refractivity contribution in [3.8, 4) is 34.0 Å². The number of carbonyl (C=O) groups is 2. The van der Waals surface area contributed by atoms with Crippen LogP contribution in [-0.4, -0.2) is 35.4 Å². The molecule has 1 aromatic heterocycles. The fourth-order valence-corrected chi connectivity index (χ4v) is 3.75. The summed E-state index contributed by atoms with van der Waals surface area (Å²) in [6, 6.07) is 23.1. The number of anilines is 1. The van der Waals surface area contributed by atoms with Crippen molar-refractivity contribution in [3.63, 3.8) is 0 Å². The van der Waals surface area contributed by atoms with Gasteiger partial charge in [0.2, 0.25) is 5.91 Å². The predicted molar refractivity (Wildman–Crippen MR) is 136 cm³/mol. The highest BCUT2D eigenvalue weighted by Crippen LogP contribution is 2.32. The van der Waals surface area contributed by atoms with Crippen LogP contribution in [0.2, 0.25) is 0 Å². The van der Waals surface area contributed by atoms with Gasteiger partial charge < -0.3 is 14.8 Å². The van der Waals surface area contributed by atoms with Crippen molar-refractivity contribution in [2.75, 3.05) is 19.0 Å². The molecule has 4 rings (SSSR count). The van der Waals surface area contributed by atoms with E-state index in [2.05, 4.69) is 5.32 Å². The van der Waals surface area contributed by atoms with E-state index in [1.54, 1.807) is 26.2 Å². The molecule has 0 bridgehead atoms. The molecule has 0 atom stereocenters. The second-order valence-electron chi connectivity index (χ2n) is 8.05. The molecule has 0 aliphatic carbocycles. The molecule has 178 valence electrons. The minimum atomic E-state index is -0.508. The maximum atomic E-state index is 12.6. The summed E-state index contributed by atoms with van der Waals surface area (Å²) in [5, 5.41) is 7.58. The third kappa shape index (κ3) is 5.24. The molecule has 7 nitrogen and oxygen atoms in total. The first-order chi connectivity index (χ1) is 16.9. The van der Waals surface area contributed by atoms with Crippen LogP contribution < -0.4 is 10.1 Å². The molecule has 1 N–H and O–H groups in total. The van der Waals surface area contributed by atoms with Gasteiger partial charge in [-0.25, -0.2) is 9.48 Å². The van der Waals surface area contributed by atoms with Crippen LogP contribution in [0.1, 0.15) is 29.8 Å². The Kier molecular flexibility index (Phi) is 6.96. The summed E-state index contributed by atoms with van der Waals surface area (Å²) in [6.07, 6.45) is 0. The summed E-state index contributed by atoms with van der Waals surface area (Å²) in [7, 11) is 1.63. The van der Waals surface area contributed by atoms with Gasteiger partial charge in [-0.1, -0.05) is 23.8 Å². The standard InChI is InChI=1S/C28H27N3O4/c1-5-35-28(33)24-16-21(10-15-25(24)29-19(3)32)26-17-27(20-8-13-23(34-4)14-9-20)31(30-26)22-11-6-18(2)7-12-22/h6-17H,5H2,1-4H3,(H,29,32). The number of ether oxygens (including phenoxy) is 2. The van der Waals surface area contributed by atoms with Crippen LogP contribution >= 0.6 is 0 Å². The van der Waals surface area contributed by atoms with Gasteiger partial charge in [-0.15, -0.1) is 0 Å². The van der Waals surface area contributed by atoms with Crippen LogP contribution in [0.15, 0.2) is 72.8 Å². The van der Waals surface area contributed by atoms with Crippen LogP contribution in [0, 0.1) is 6.92 Å². The summed E-state index contributed by atoms with van der Waals surface area (Å²) in [5.41, 5.74) is 5.98. The Morgan fingerprint density at radius 1 is 0.943 bits per heavy atom. The van der Waals surface area contributed by atoms with E-state index in [9.17, 15) is 9.59 Å². The first-order valence-corrected chi connectivity index (χ1v) is 11.3. The maximum Gasteiger partial charge on any atom is 0.340 e. The lowest BCUT2D eigenvalue weighted by Crippen LogP contribution is -2.13. The Balaban J connectivity index is 1.85. The number of amides is 1. The van der Waals surface area contributed by atoms with Gasteiger partial charge in [0, 0.05) is 18.1 Å². The molecule has 7 heteroatoms. The van der Waals surface area contributed by atoms with E-state index >= 15 is 0 Å². The fraction of sp³-hybridized carbons (Fsp3) is 0.179. The van der Waals surface area contributed by atoms with Crippen LogP contribution in [0.25, 0.3) is 28.2 Å². The largest absolute Gasteiger partial charge is 0.497 e. The average molecular weight is 470 g/mol. The molecular weight excluding hydrogens is 442 g/mol. The Labute approximate surface area is 204 Å². The zero-order valence-corrected chi connectivity index (χ0v) is 20.2. The Hall–Kier alpha value is -4.39. The SMILES string of the molecule is CCOC(=O)c1cc(-c2cc(-c3ccc(OC)cc3)n(-c3ccc(C)cc3)n2)ccc1NC(C)=O. The van der Waals surface area contributed by atoms with E-state index < -0.39 is 5.97 Å². The second-order valence-corrected chi connectivity index (χ2v) is 8.05. The number of aromatic nitrogens is 2. The number of methoxy groups -OCH3 is 1. The number of nitrogens with one attached hydrogen (secondary N) is 1. The third-order valence-corrected chi connectivity index (χ3v) is 5.50. The molecule has 1 heterocycles. The fourth-order valence-electron chi connectivity index (χ4n) is 3.75. The molecule has 35 heavy (non-hydrogen) atoms. The quantitative estimate of drug-likeness (QED) is 0.353. The second kappa shape index (κ2) is 10.3. The van der Waals surface area contributed by atoms with Crippen molar-refractivity contribution in [2.24, 2.45) is 0 Å². The van der Waals surface area contributed by atoms with Gasteiger partial charge in [0.25, 0.3) is 0 Å². The number of carbonyl (C=O) groups excluding carboxylic acids is 2. The number of aryl methyl sites for hydroxylation is 1. The zero-order valence-electron chi connectivity index (χ0n) is 20.2. The highest BCUT2D eigenvalue weighted by molar-refractivity contribution is 6.01.